The van der Waals surface area contributed by atoms with Crippen molar-refractivity contribution >= 4 is 0 Å². The Morgan fingerprint density at radius 2 is 1.60 bits per heavy atom. The van der Waals surface area contributed by atoms with Gasteiger partial charge in [-0.05, 0) is 60.0 Å². The van der Waals surface area contributed by atoms with E-state index in [0.717, 1.165) is 6.54 Å². The highest BCUT2D eigenvalue weighted by molar-refractivity contribution is 4.59. The molecule has 1 aliphatic rings. The van der Waals surface area contributed by atoms with Crippen LogP contribution in [0.4, 0.5) is 0 Å². The molecule has 1 rings (SSSR count). The molecule has 0 saturated carbocycles. The van der Waals surface area contributed by atoms with Gasteiger partial charge in [-0.2, -0.15) is 0 Å². The van der Waals surface area contributed by atoms with E-state index in [1.54, 1.807) is 0 Å². The topological polar surface area (TPSA) is 41.3 Å². The molecule has 0 spiro atoms. The first kappa shape index (κ1) is 17.3. The van der Waals surface area contributed by atoms with Crippen LogP contribution in [0.1, 0.15) is 39.0 Å². The van der Waals surface area contributed by atoms with Crippen LogP contribution in [0.15, 0.2) is 0 Å². The molecular weight excluding hydrogens is 186 g/mol. The quantitative estimate of drug-likeness (QED) is 0.707. The van der Waals surface area contributed by atoms with Gasteiger partial charge in [-0.15, -0.1) is 0 Å². The highest BCUT2D eigenvalue weighted by Crippen LogP contribution is 2.02. The second kappa shape index (κ2) is 16.3. The molecule has 0 radical (unpaired) electrons. The predicted molar refractivity (Wildman–Crippen MR) is 70.3 cm³/mol. The summed E-state index contributed by atoms with van der Waals surface area (Å²) in [6.45, 7) is 5.67. The van der Waals surface area contributed by atoms with Crippen LogP contribution in [0.5, 0.6) is 0 Å². The molecule has 1 fully saturated rings. The second-order valence-corrected chi connectivity index (χ2v) is 4.01. The molecule has 94 valence electrons. The summed E-state index contributed by atoms with van der Waals surface area (Å²) in [5.74, 6) is 0. The lowest BCUT2D eigenvalue weighted by Crippen LogP contribution is -2.10. The second-order valence-electron chi connectivity index (χ2n) is 4.01. The monoisotopic (exact) mass is 217 g/mol. The van der Waals surface area contributed by atoms with Crippen molar-refractivity contribution in [1.29, 1.82) is 0 Å². The average molecular weight is 217 g/mol. The van der Waals surface area contributed by atoms with Crippen molar-refractivity contribution in [2.24, 2.45) is 5.73 Å². The molecule has 0 atom stereocenters. The Morgan fingerprint density at radius 1 is 1.13 bits per heavy atom. The van der Waals surface area contributed by atoms with Gasteiger partial charge >= 0.3 is 0 Å². The Hall–Kier alpha value is -0.120. The third-order valence-electron chi connectivity index (χ3n) is 2.14. The van der Waals surface area contributed by atoms with Gasteiger partial charge in [0.25, 0.3) is 0 Å². The summed E-state index contributed by atoms with van der Waals surface area (Å²) < 4.78 is 0. The molecule has 0 amide bonds. The molecular formula is C12H31N3. The van der Waals surface area contributed by atoms with Crippen molar-refractivity contribution in [2.45, 2.75) is 39.0 Å². The molecule has 0 aromatic carbocycles. The first-order chi connectivity index (χ1) is 7.22. The molecule has 0 aromatic heterocycles. The van der Waals surface area contributed by atoms with E-state index in [-0.39, 0.29) is 0 Å². The van der Waals surface area contributed by atoms with Crippen molar-refractivity contribution in [1.82, 2.24) is 10.2 Å². The predicted octanol–water partition coefficient (Wildman–Crippen LogP) is 1.68. The van der Waals surface area contributed by atoms with E-state index >= 15 is 0 Å². The fourth-order valence-electron chi connectivity index (χ4n) is 1.27. The number of nitrogens with zero attached hydrogens (tertiary/aromatic N) is 1. The van der Waals surface area contributed by atoms with Crippen LogP contribution in [-0.4, -0.2) is 45.7 Å². The summed E-state index contributed by atoms with van der Waals surface area (Å²) in [6, 6.07) is 0. The van der Waals surface area contributed by atoms with Crippen LogP contribution in [0.25, 0.3) is 0 Å². The molecule has 1 saturated heterocycles. The van der Waals surface area contributed by atoms with Crippen molar-refractivity contribution in [2.75, 3.05) is 40.8 Å². The Morgan fingerprint density at radius 3 is 1.73 bits per heavy atom. The van der Waals surface area contributed by atoms with Crippen molar-refractivity contribution in [3.8, 4) is 0 Å². The molecule has 3 heteroatoms. The third-order valence-corrected chi connectivity index (χ3v) is 2.14. The third kappa shape index (κ3) is 20.1. The Kier molecular flexibility index (Phi) is 18.8. The Labute approximate surface area is 96.4 Å². The fourth-order valence-corrected chi connectivity index (χ4v) is 1.27. The first-order valence-electron chi connectivity index (χ1n) is 6.20. The fraction of sp³-hybridized carbons (Fsp3) is 1.00. The van der Waals surface area contributed by atoms with Gasteiger partial charge in [-0.25, -0.2) is 0 Å². The highest BCUT2D eigenvalue weighted by atomic mass is 15.1. The summed E-state index contributed by atoms with van der Waals surface area (Å²) in [6.07, 6.45) is 6.58. The van der Waals surface area contributed by atoms with Gasteiger partial charge in [0, 0.05) is 0 Å². The number of rotatable bonds is 3. The average Bonchev–Trinajstić information content (AvgIpc) is 2.68. The van der Waals surface area contributed by atoms with Gasteiger partial charge < -0.3 is 16.0 Å². The molecule has 15 heavy (non-hydrogen) atoms. The lowest BCUT2D eigenvalue weighted by molar-refractivity contribution is 0.418. The van der Waals surface area contributed by atoms with Crippen molar-refractivity contribution < 1.29 is 0 Å². The smallest absolute Gasteiger partial charge is 0.00213 e. The van der Waals surface area contributed by atoms with E-state index in [1.165, 1.54) is 45.2 Å². The Balaban J connectivity index is 0. The summed E-state index contributed by atoms with van der Waals surface area (Å²) in [7, 11) is 5.92. The van der Waals surface area contributed by atoms with Crippen LogP contribution in [0.2, 0.25) is 0 Å². The lowest BCUT2D eigenvalue weighted by Gasteiger charge is -2.01. The number of nitrogens with one attached hydrogen (secondary N) is 1. The van der Waals surface area contributed by atoms with Gasteiger partial charge in [-0.1, -0.05) is 19.8 Å². The highest BCUT2D eigenvalue weighted by Gasteiger charge is 2.03. The lowest BCUT2D eigenvalue weighted by atomic mass is 10.3. The maximum Gasteiger partial charge on any atom is -0.00213 e. The molecule has 0 unspecified atom stereocenters. The van der Waals surface area contributed by atoms with Gasteiger partial charge in [0.05, 0.1) is 0 Å². The van der Waals surface area contributed by atoms with E-state index in [0.29, 0.717) is 0 Å². The van der Waals surface area contributed by atoms with Crippen molar-refractivity contribution in [3.63, 3.8) is 0 Å². The number of hydrogen-bond donors (Lipinski definition) is 2. The number of unbranched alkanes of at least 4 members (excludes halogenated alkanes) is 2. The molecule has 3 nitrogen and oxygen atoms in total. The number of nitrogens with two attached hydrogens (primary N) is 1. The van der Waals surface area contributed by atoms with Gasteiger partial charge in [0.15, 0.2) is 0 Å². The Bertz CT molecular complexity index is 86.9. The zero-order valence-electron chi connectivity index (χ0n) is 11.2. The minimum Gasteiger partial charge on any atom is -0.330 e. The van der Waals surface area contributed by atoms with Gasteiger partial charge in [0.1, 0.15) is 0 Å². The summed E-state index contributed by atoms with van der Waals surface area (Å²) in [4.78, 5) is 2.36. The molecule has 3 N–H and O–H groups in total. The maximum atomic E-state index is 5.21. The molecule has 1 heterocycles. The standard InChI is InChI=1S/C5H11N.C5H13N.C2H7N/c1-6-4-2-3-5-6;1-2-3-4-5-6;1-3-2/h2-5H2,1H3;2-6H2,1H3;3H,1-2H3. The molecule has 0 bridgehead atoms. The van der Waals surface area contributed by atoms with Gasteiger partial charge in [-0.3, -0.25) is 0 Å². The zero-order valence-corrected chi connectivity index (χ0v) is 11.2. The van der Waals surface area contributed by atoms with Gasteiger partial charge in [0.2, 0.25) is 0 Å². The van der Waals surface area contributed by atoms with E-state index in [9.17, 15) is 0 Å². The zero-order chi connectivity index (χ0) is 11.9. The first-order valence-corrected chi connectivity index (χ1v) is 6.20. The summed E-state index contributed by atoms with van der Waals surface area (Å²) >= 11 is 0. The molecule has 1 aliphatic heterocycles. The van der Waals surface area contributed by atoms with E-state index in [4.69, 9.17) is 5.73 Å². The number of likely N-dealkylation sites (tertiary alicyclic amines) is 1. The number of hydrogen-bond acceptors (Lipinski definition) is 3. The van der Waals surface area contributed by atoms with E-state index in [2.05, 4.69) is 24.2 Å². The van der Waals surface area contributed by atoms with E-state index < -0.39 is 0 Å². The normalized spacial score (nSPS) is 15.0. The van der Waals surface area contributed by atoms with Crippen LogP contribution in [0, 0.1) is 0 Å². The minimum absolute atomic E-state index is 0.855. The van der Waals surface area contributed by atoms with Crippen molar-refractivity contribution in [3.05, 3.63) is 0 Å². The maximum absolute atomic E-state index is 5.21. The molecule has 0 aliphatic carbocycles. The largest absolute Gasteiger partial charge is 0.330 e. The SMILES string of the molecule is CCCCCN.CN1CCCC1.CNC. The summed E-state index contributed by atoms with van der Waals surface area (Å²) in [5.41, 5.74) is 5.21. The van der Waals surface area contributed by atoms with E-state index in [1.807, 2.05) is 14.1 Å². The van der Waals surface area contributed by atoms with Crippen LogP contribution >= 0.6 is 0 Å². The van der Waals surface area contributed by atoms with Crippen LogP contribution in [0.3, 0.4) is 0 Å². The van der Waals surface area contributed by atoms with Crippen LogP contribution < -0.4 is 11.1 Å². The van der Waals surface area contributed by atoms with Crippen LogP contribution in [-0.2, 0) is 0 Å². The summed E-state index contributed by atoms with van der Waals surface area (Å²) in [5, 5.41) is 2.75. The molecule has 0 aromatic rings. The minimum atomic E-state index is 0.855.